The van der Waals surface area contributed by atoms with E-state index in [0.29, 0.717) is 0 Å². The van der Waals surface area contributed by atoms with Gasteiger partial charge in [0.05, 0.1) is 0 Å². The van der Waals surface area contributed by atoms with Crippen LogP contribution in [-0.4, -0.2) is 18.0 Å². The summed E-state index contributed by atoms with van der Waals surface area (Å²) in [5.74, 6) is 0. The molecule has 1 aliphatic rings. The van der Waals surface area contributed by atoms with Gasteiger partial charge in [-0.3, -0.25) is 0 Å². The Bertz CT molecular complexity index is 154. The minimum atomic E-state index is 0.796. The minimum absolute atomic E-state index is 0.796. The highest BCUT2D eigenvalue weighted by atomic mass is 15.2. The molecule has 0 aromatic carbocycles. The molecule has 0 spiro atoms. The smallest absolute Gasteiger partial charge is 0.0316 e. The number of likely N-dealkylation sites (N-methyl/N-ethyl adjacent to an activating group) is 1. The van der Waals surface area contributed by atoms with Crippen LogP contribution in [-0.2, 0) is 0 Å². The van der Waals surface area contributed by atoms with Gasteiger partial charge in [0, 0.05) is 18.8 Å². The predicted octanol–water partition coefficient (Wildman–Crippen LogP) is 2.17. The summed E-state index contributed by atoms with van der Waals surface area (Å²) in [5.41, 5.74) is 1.25. The lowest BCUT2D eigenvalue weighted by Crippen LogP contribution is -2.18. The maximum absolute atomic E-state index is 3.75. The Morgan fingerprint density at radius 2 is 2.20 bits per heavy atom. The molecule has 0 radical (unpaired) electrons. The summed E-state index contributed by atoms with van der Waals surface area (Å²) < 4.78 is 0. The van der Waals surface area contributed by atoms with Crippen molar-refractivity contribution in [1.82, 2.24) is 4.90 Å². The Morgan fingerprint density at radius 1 is 1.60 bits per heavy atom. The Morgan fingerprint density at radius 3 is 2.50 bits per heavy atom. The van der Waals surface area contributed by atoms with E-state index in [1.807, 2.05) is 6.08 Å². The van der Waals surface area contributed by atoms with Crippen LogP contribution in [0, 0.1) is 0 Å². The lowest BCUT2D eigenvalue weighted by molar-refractivity contribution is 0.420. The van der Waals surface area contributed by atoms with E-state index in [2.05, 4.69) is 31.5 Å². The molecule has 1 saturated carbocycles. The van der Waals surface area contributed by atoms with Gasteiger partial charge in [-0.25, -0.2) is 0 Å². The molecule has 1 nitrogen and oxygen atoms in total. The second-order valence-electron chi connectivity index (χ2n) is 2.76. The molecule has 0 bridgehead atoms. The molecule has 0 saturated heterocycles. The van der Waals surface area contributed by atoms with Crippen molar-refractivity contribution in [3.05, 3.63) is 24.4 Å². The van der Waals surface area contributed by atoms with Crippen LogP contribution in [0.15, 0.2) is 24.4 Å². The normalized spacial score (nSPS) is 18.8. The van der Waals surface area contributed by atoms with Gasteiger partial charge in [0.1, 0.15) is 0 Å². The molecule has 1 rings (SSSR count). The topological polar surface area (TPSA) is 3.24 Å². The summed E-state index contributed by atoms with van der Waals surface area (Å²) in [6.45, 7) is 5.80. The molecule has 0 atom stereocenters. The highest BCUT2D eigenvalue weighted by Crippen LogP contribution is 2.28. The van der Waals surface area contributed by atoms with Gasteiger partial charge in [-0.1, -0.05) is 12.7 Å². The second-order valence-corrected chi connectivity index (χ2v) is 2.76. The average molecular weight is 137 g/mol. The fourth-order valence-electron chi connectivity index (χ4n) is 1.14. The van der Waals surface area contributed by atoms with Gasteiger partial charge in [0.15, 0.2) is 0 Å². The van der Waals surface area contributed by atoms with Crippen LogP contribution in [0.2, 0.25) is 0 Å². The molecular formula is C9H15N. The van der Waals surface area contributed by atoms with E-state index >= 15 is 0 Å². The lowest BCUT2D eigenvalue weighted by Gasteiger charge is -2.18. The van der Waals surface area contributed by atoms with Crippen molar-refractivity contribution >= 4 is 0 Å². The molecule has 0 heterocycles. The Hall–Kier alpha value is -0.720. The molecule has 1 fully saturated rings. The molecule has 0 aromatic rings. The van der Waals surface area contributed by atoms with Crippen LogP contribution in [0.1, 0.15) is 19.8 Å². The standard InChI is InChI=1S/C9H15N/c1-4-8(5-2)10(3)9-6-7-9/h4-5,9H,1,6-7H2,2-3H3/b8-5+. The largest absolute Gasteiger partial charge is 0.372 e. The molecule has 1 aliphatic carbocycles. The van der Waals surface area contributed by atoms with Crippen LogP contribution in [0.5, 0.6) is 0 Å². The van der Waals surface area contributed by atoms with Crippen LogP contribution < -0.4 is 0 Å². The maximum Gasteiger partial charge on any atom is 0.0316 e. The van der Waals surface area contributed by atoms with E-state index in [9.17, 15) is 0 Å². The van der Waals surface area contributed by atoms with Crippen LogP contribution in [0.25, 0.3) is 0 Å². The first-order valence-corrected chi connectivity index (χ1v) is 3.81. The summed E-state index contributed by atoms with van der Waals surface area (Å²) in [6.07, 6.45) is 6.72. The van der Waals surface area contributed by atoms with E-state index in [1.165, 1.54) is 18.5 Å². The van der Waals surface area contributed by atoms with E-state index in [4.69, 9.17) is 0 Å². The van der Waals surface area contributed by atoms with Crippen molar-refractivity contribution in [1.29, 1.82) is 0 Å². The summed E-state index contributed by atoms with van der Waals surface area (Å²) in [7, 11) is 2.13. The summed E-state index contributed by atoms with van der Waals surface area (Å²) in [4.78, 5) is 2.30. The van der Waals surface area contributed by atoms with Gasteiger partial charge in [0.2, 0.25) is 0 Å². The van der Waals surface area contributed by atoms with Crippen molar-refractivity contribution in [2.45, 2.75) is 25.8 Å². The average Bonchev–Trinajstić information content (AvgIpc) is 2.71. The first kappa shape index (κ1) is 7.39. The predicted molar refractivity (Wildman–Crippen MR) is 44.7 cm³/mol. The molecule has 0 aliphatic heterocycles. The fraction of sp³-hybridized carbons (Fsp3) is 0.556. The van der Waals surface area contributed by atoms with Gasteiger partial charge in [0.25, 0.3) is 0 Å². The molecule has 1 heteroatoms. The van der Waals surface area contributed by atoms with Crippen molar-refractivity contribution < 1.29 is 0 Å². The number of allylic oxidation sites excluding steroid dienone is 2. The lowest BCUT2D eigenvalue weighted by atomic mass is 10.3. The van der Waals surface area contributed by atoms with E-state index in [-0.39, 0.29) is 0 Å². The number of hydrogen-bond donors (Lipinski definition) is 0. The van der Waals surface area contributed by atoms with E-state index in [0.717, 1.165) is 6.04 Å². The van der Waals surface area contributed by atoms with Gasteiger partial charge >= 0.3 is 0 Å². The zero-order chi connectivity index (χ0) is 7.56. The summed E-state index contributed by atoms with van der Waals surface area (Å²) >= 11 is 0. The first-order chi connectivity index (χ1) is 4.79. The van der Waals surface area contributed by atoms with Gasteiger partial charge < -0.3 is 4.90 Å². The van der Waals surface area contributed by atoms with Gasteiger partial charge in [-0.15, -0.1) is 0 Å². The van der Waals surface area contributed by atoms with Crippen LogP contribution in [0.3, 0.4) is 0 Å². The zero-order valence-electron chi connectivity index (χ0n) is 6.80. The van der Waals surface area contributed by atoms with Crippen molar-refractivity contribution in [3.63, 3.8) is 0 Å². The quantitative estimate of drug-likeness (QED) is 0.539. The fourth-order valence-corrected chi connectivity index (χ4v) is 1.14. The van der Waals surface area contributed by atoms with Crippen LogP contribution in [0.4, 0.5) is 0 Å². The van der Waals surface area contributed by atoms with Crippen molar-refractivity contribution in [3.8, 4) is 0 Å². The molecule has 0 unspecified atom stereocenters. The van der Waals surface area contributed by atoms with E-state index in [1.54, 1.807) is 0 Å². The second kappa shape index (κ2) is 2.91. The zero-order valence-corrected chi connectivity index (χ0v) is 6.80. The number of nitrogens with zero attached hydrogens (tertiary/aromatic N) is 1. The van der Waals surface area contributed by atoms with Crippen molar-refractivity contribution in [2.24, 2.45) is 0 Å². The third-order valence-corrected chi connectivity index (χ3v) is 2.01. The molecule has 0 aromatic heterocycles. The van der Waals surface area contributed by atoms with Gasteiger partial charge in [-0.05, 0) is 25.8 Å². The number of rotatable bonds is 3. The van der Waals surface area contributed by atoms with Crippen LogP contribution >= 0.6 is 0 Å². The molecule has 10 heavy (non-hydrogen) atoms. The molecule has 0 N–H and O–H groups in total. The highest BCUT2D eigenvalue weighted by molar-refractivity contribution is 5.15. The third kappa shape index (κ3) is 1.41. The molecule has 56 valence electrons. The minimum Gasteiger partial charge on any atom is -0.372 e. The Balaban J connectivity index is 2.51. The van der Waals surface area contributed by atoms with E-state index < -0.39 is 0 Å². The first-order valence-electron chi connectivity index (χ1n) is 3.81. The third-order valence-electron chi connectivity index (χ3n) is 2.01. The summed E-state index contributed by atoms with van der Waals surface area (Å²) in [5, 5.41) is 0. The molecule has 0 amide bonds. The monoisotopic (exact) mass is 137 g/mol. The maximum atomic E-state index is 3.75. The Kier molecular flexibility index (Phi) is 2.15. The SMILES string of the molecule is C=C/C(=C\C)N(C)C1CC1. The summed E-state index contributed by atoms with van der Waals surface area (Å²) in [6, 6.07) is 0.796. The number of hydrogen-bond acceptors (Lipinski definition) is 1. The van der Waals surface area contributed by atoms with Gasteiger partial charge in [-0.2, -0.15) is 0 Å². The Labute approximate surface area is 63.0 Å². The molecular weight excluding hydrogens is 122 g/mol. The highest BCUT2D eigenvalue weighted by Gasteiger charge is 2.26. The van der Waals surface area contributed by atoms with Crippen molar-refractivity contribution in [2.75, 3.05) is 7.05 Å².